The number of carbonyl (C=O) groups is 1. The molecule has 146 valence electrons. The van der Waals surface area contributed by atoms with Crippen molar-refractivity contribution in [3.05, 3.63) is 64.5 Å². The van der Waals surface area contributed by atoms with E-state index < -0.39 is 0 Å². The normalized spacial score (nSPS) is 18.5. The highest BCUT2D eigenvalue weighted by Crippen LogP contribution is 2.34. The Labute approximate surface area is 176 Å². The van der Waals surface area contributed by atoms with E-state index in [1.165, 1.54) is 11.8 Å². The van der Waals surface area contributed by atoms with E-state index >= 15 is 0 Å². The van der Waals surface area contributed by atoms with Gasteiger partial charge in [-0.25, -0.2) is 4.68 Å². The van der Waals surface area contributed by atoms with Crippen LogP contribution in [0.2, 0.25) is 0 Å². The summed E-state index contributed by atoms with van der Waals surface area (Å²) in [5, 5.41) is 7.59. The van der Waals surface area contributed by atoms with Gasteiger partial charge >= 0.3 is 0 Å². The molecular formula is C21H18N4O2S2. The molecule has 1 saturated heterocycles. The van der Waals surface area contributed by atoms with Crippen LogP contribution in [0.15, 0.2) is 63.9 Å². The number of hydrogen-bond acceptors (Lipinski definition) is 6. The fraction of sp³-hybridized carbons (Fsp3) is 0.190. The van der Waals surface area contributed by atoms with Gasteiger partial charge in [-0.15, -0.1) is 11.3 Å². The first-order valence-electron chi connectivity index (χ1n) is 9.32. The second-order valence-corrected chi connectivity index (χ2v) is 8.56. The zero-order valence-corrected chi connectivity index (χ0v) is 17.2. The molecule has 2 aliphatic heterocycles. The largest absolute Gasteiger partial charge is 0.378 e. The molecule has 0 bridgehead atoms. The van der Waals surface area contributed by atoms with Gasteiger partial charge in [0.05, 0.1) is 28.7 Å². The smallest absolute Gasteiger partial charge is 0.286 e. The average Bonchev–Trinajstić information content (AvgIpc) is 3.50. The lowest BCUT2D eigenvalue weighted by molar-refractivity contribution is -0.113. The van der Waals surface area contributed by atoms with Crippen LogP contribution in [-0.2, 0) is 9.53 Å². The monoisotopic (exact) mass is 422 g/mol. The van der Waals surface area contributed by atoms with Crippen molar-refractivity contribution in [1.29, 1.82) is 0 Å². The zero-order chi connectivity index (χ0) is 19.6. The Bertz CT molecular complexity index is 1080. The number of benzene rings is 1. The van der Waals surface area contributed by atoms with Crippen molar-refractivity contribution < 1.29 is 9.53 Å². The van der Waals surface area contributed by atoms with Gasteiger partial charge in [-0.05, 0) is 41.4 Å². The van der Waals surface area contributed by atoms with Crippen molar-refractivity contribution in [2.45, 2.75) is 0 Å². The maximum Gasteiger partial charge on any atom is 0.286 e. The van der Waals surface area contributed by atoms with Crippen molar-refractivity contribution >= 4 is 40.2 Å². The van der Waals surface area contributed by atoms with Gasteiger partial charge in [0.2, 0.25) is 0 Å². The number of nitrogens with zero attached hydrogens (tertiary/aromatic N) is 4. The number of aromatic nitrogens is 2. The molecule has 0 radical (unpaired) electrons. The molecule has 0 saturated carbocycles. The maximum atomic E-state index is 12.5. The van der Waals surface area contributed by atoms with Crippen molar-refractivity contribution in [1.82, 2.24) is 14.7 Å². The molecule has 3 aromatic rings. The molecule has 0 spiro atoms. The number of morpholine rings is 1. The van der Waals surface area contributed by atoms with Crippen LogP contribution in [0.25, 0.3) is 22.3 Å². The van der Waals surface area contributed by atoms with Gasteiger partial charge in [-0.3, -0.25) is 4.79 Å². The van der Waals surface area contributed by atoms with Gasteiger partial charge in [0.1, 0.15) is 5.69 Å². The molecule has 6 nitrogen and oxygen atoms in total. The molecule has 0 N–H and O–H groups in total. The van der Waals surface area contributed by atoms with Gasteiger partial charge < -0.3 is 9.64 Å². The summed E-state index contributed by atoms with van der Waals surface area (Å²) in [6.45, 7) is 2.86. The van der Waals surface area contributed by atoms with E-state index in [0.29, 0.717) is 18.1 Å². The summed E-state index contributed by atoms with van der Waals surface area (Å²) < 4.78 is 7.25. The molecule has 1 fully saturated rings. The number of thiophene rings is 1. The zero-order valence-electron chi connectivity index (χ0n) is 15.5. The molecule has 2 aliphatic rings. The number of para-hydroxylation sites is 1. The predicted molar refractivity (Wildman–Crippen MR) is 117 cm³/mol. The molecule has 0 unspecified atom stereocenters. The highest BCUT2D eigenvalue weighted by atomic mass is 32.2. The van der Waals surface area contributed by atoms with E-state index in [1.807, 2.05) is 64.8 Å². The van der Waals surface area contributed by atoms with Crippen molar-refractivity contribution in [3.63, 3.8) is 0 Å². The third kappa shape index (κ3) is 3.78. The minimum absolute atomic E-state index is 0.193. The van der Waals surface area contributed by atoms with Gasteiger partial charge in [-0.2, -0.15) is 10.1 Å². The van der Waals surface area contributed by atoms with E-state index in [1.54, 1.807) is 11.3 Å². The lowest BCUT2D eigenvalue weighted by atomic mass is 10.2. The maximum absolute atomic E-state index is 12.5. The molecular weight excluding hydrogens is 404 g/mol. The van der Waals surface area contributed by atoms with Crippen LogP contribution in [0.3, 0.4) is 0 Å². The average molecular weight is 423 g/mol. The third-order valence-corrected chi connectivity index (χ3v) is 6.62. The molecule has 2 aromatic heterocycles. The molecule has 29 heavy (non-hydrogen) atoms. The number of ether oxygens (including phenoxy) is 1. The summed E-state index contributed by atoms with van der Waals surface area (Å²) in [6, 6.07) is 14.0. The Kier molecular flexibility index (Phi) is 5.05. The fourth-order valence-electron chi connectivity index (χ4n) is 3.24. The third-order valence-electron chi connectivity index (χ3n) is 4.70. The Morgan fingerprint density at radius 2 is 1.90 bits per heavy atom. The molecule has 4 heterocycles. The molecule has 1 aromatic carbocycles. The Hall–Kier alpha value is -2.68. The van der Waals surface area contributed by atoms with Crippen molar-refractivity contribution in [3.8, 4) is 16.3 Å². The standard InChI is InChI=1S/C21H18N4O2S2/c26-20-18(29-21(22-20)24-8-10-27-11-9-24)13-15-14-25(16-5-2-1-3-6-16)23-19(15)17-7-4-12-28-17/h1-7,12-14H,8-11H2. The predicted octanol–water partition coefficient (Wildman–Crippen LogP) is 3.90. The summed E-state index contributed by atoms with van der Waals surface area (Å²) in [6.07, 6.45) is 3.88. The van der Waals surface area contributed by atoms with Crippen LogP contribution in [-0.4, -0.2) is 52.1 Å². The Morgan fingerprint density at radius 3 is 2.66 bits per heavy atom. The number of amidine groups is 1. The minimum Gasteiger partial charge on any atom is -0.378 e. The van der Waals surface area contributed by atoms with E-state index in [2.05, 4.69) is 9.89 Å². The van der Waals surface area contributed by atoms with Crippen LogP contribution in [0.1, 0.15) is 5.56 Å². The topological polar surface area (TPSA) is 59.7 Å². The first kappa shape index (κ1) is 18.4. The number of amides is 1. The second kappa shape index (κ2) is 7.98. The number of aliphatic imine (C=N–C) groups is 1. The van der Waals surface area contributed by atoms with Gasteiger partial charge in [0.25, 0.3) is 5.91 Å². The van der Waals surface area contributed by atoms with E-state index in [0.717, 1.165) is 40.1 Å². The Balaban J connectivity index is 1.49. The van der Waals surface area contributed by atoms with Gasteiger partial charge in [0, 0.05) is 24.8 Å². The number of carbonyl (C=O) groups excluding carboxylic acids is 1. The summed E-state index contributed by atoms with van der Waals surface area (Å²) in [7, 11) is 0. The van der Waals surface area contributed by atoms with Crippen LogP contribution in [0, 0.1) is 0 Å². The van der Waals surface area contributed by atoms with Crippen LogP contribution < -0.4 is 0 Å². The highest BCUT2D eigenvalue weighted by molar-refractivity contribution is 8.18. The van der Waals surface area contributed by atoms with Gasteiger partial charge in [-0.1, -0.05) is 24.3 Å². The van der Waals surface area contributed by atoms with Crippen LogP contribution >= 0.6 is 23.1 Å². The highest BCUT2D eigenvalue weighted by Gasteiger charge is 2.27. The first-order valence-corrected chi connectivity index (χ1v) is 11.0. The molecule has 0 aliphatic carbocycles. The lowest BCUT2D eigenvalue weighted by Crippen LogP contribution is -2.38. The Morgan fingerprint density at radius 1 is 1.07 bits per heavy atom. The second-order valence-electron chi connectivity index (χ2n) is 6.60. The quantitative estimate of drug-likeness (QED) is 0.599. The van der Waals surface area contributed by atoms with E-state index in [9.17, 15) is 4.79 Å². The first-order chi connectivity index (χ1) is 14.3. The number of thioether (sulfide) groups is 1. The van der Waals surface area contributed by atoms with Crippen LogP contribution in [0.4, 0.5) is 0 Å². The van der Waals surface area contributed by atoms with E-state index in [4.69, 9.17) is 9.84 Å². The van der Waals surface area contributed by atoms with E-state index in [-0.39, 0.29) is 5.91 Å². The SMILES string of the molecule is O=C1N=C(N2CCOCC2)SC1=Cc1cn(-c2ccccc2)nc1-c1cccs1. The summed E-state index contributed by atoms with van der Waals surface area (Å²) in [5.74, 6) is -0.193. The molecule has 5 rings (SSSR count). The molecule has 0 atom stereocenters. The summed E-state index contributed by atoms with van der Waals surface area (Å²) in [5.41, 5.74) is 2.75. The molecule has 1 amide bonds. The van der Waals surface area contributed by atoms with Crippen LogP contribution in [0.5, 0.6) is 0 Å². The summed E-state index contributed by atoms with van der Waals surface area (Å²) >= 11 is 3.06. The summed E-state index contributed by atoms with van der Waals surface area (Å²) in [4.78, 5) is 20.6. The number of rotatable bonds is 3. The fourth-order valence-corrected chi connectivity index (χ4v) is 4.93. The van der Waals surface area contributed by atoms with Crippen molar-refractivity contribution in [2.75, 3.05) is 26.3 Å². The molecule has 8 heteroatoms. The lowest BCUT2D eigenvalue weighted by Gasteiger charge is -2.27. The minimum atomic E-state index is -0.193. The van der Waals surface area contributed by atoms with Crippen molar-refractivity contribution in [2.24, 2.45) is 4.99 Å². The number of hydrogen-bond donors (Lipinski definition) is 0. The van der Waals surface area contributed by atoms with Gasteiger partial charge in [0.15, 0.2) is 5.17 Å².